The molecule has 2 N–H and O–H groups in total. The molecule has 0 bridgehead atoms. The van der Waals surface area contributed by atoms with Gasteiger partial charge in [0.15, 0.2) is 0 Å². The van der Waals surface area contributed by atoms with Gasteiger partial charge < -0.3 is 0 Å². The third-order valence-electron chi connectivity index (χ3n) is 3.35. The highest BCUT2D eigenvalue weighted by Gasteiger charge is 2.30. The quantitative estimate of drug-likeness (QED) is 0.393. The Morgan fingerprint density at radius 1 is 1.25 bits per heavy atom. The van der Waals surface area contributed by atoms with E-state index in [4.69, 9.17) is 5.84 Å². The predicted octanol–water partition coefficient (Wildman–Crippen LogP) is 2.10. The standard InChI is InChI=1S/C15H15F3N4O2/c1-3-11-8-12(20-22(11)14(24)13(23)21(2)19)9-4-6-10(7-5-9)15(16,17)18/h4-8H,3,19H2,1-2H3. The van der Waals surface area contributed by atoms with Crippen LogP contribution in [0, 0.1) is 0 Å². The number of carbonyl (C=O) groups is 2. The number of nitrogens with two attached hydrogens (primary N) is 1. The minimum absolute atomic E-state index is 0.293. The number of hydrogen-bond donors (Lipinski definition) is 1. The van der Waals surface area contributed by atoms with Crippen molar-refractivity contribution in [1.29, 1.82) is 0 Å². The molecule has 0 aliphatic heterocycles. The summed E-state index contributed by atoms with van der Waals surface area (Å²) in [5.41, 5.74) is 0.363. The highest BCUT2D eigenvalue weighted by molar-refractivity contribution is 6.35. The van der Waals surface area contributed by atoms with Gasteiger partial charge in [-0.15, -0.1) is 0 Å². The van der Waals surface area contributed by atoms with Crippen molar-refractivity contribution in [2.45, 2.75) is 19.5 Å². The molecule has 0 spiro atoms. The van der Waals surface area contributed by atoms with Crippen molar-refractivity contribution >= 4 is 11.8 Å². The van der Waals surface area contributed by atoms with Crippen molar-refractivity contribution in [2.75, 3.05) is 7.05 Å². The van der Waals surface area contributed by atoms with E-state index in [1.54, 1.807) is 13.0 Å². The SMILES string of the molecule is CCc1cc(-c2ccc(C(F)(F)F)cc2)nn1C(=O)C(=O)N(C)N. The normalized spacial score (nSPS) is 11.4. The molecule has 0 atom stereocenters. The maximum absolute atomic E-state index is 12.6. The molecule has 1 heterocycles. The van der Waals surface area contributed by atoms with Crippen LogP contribution in [-0.2, 0) is 17.4 Å². The number of likely N-dealkylation sites (N-methyl/N-ethyl adjacent to an activating group) is 1. The summed E-state index contributed by atoms with van der Waals surface area (Å²) in [6.45, 7) is 1.76. The minimum atomic E-state index is -4.43. The van der Waals surface area contributed by atoms with Crippen molar-refractivity contribution in [3.63, 3.8) is 0 Å². The van der Waals surface area contributed by atoms with E-state index in [9.17, 15) is 22.8 Å². The van der Waals surface area contributed by atoms with Crippen LogP contribution in [0.15, 0.2) is 30.3 Å². The van der Waals surface area contributed by atoms with Gasteiger partial charge in [-0.1, -0.05) is 19.1 Å². The fraction of sp³-hybridized carbons (Fsp3) is 0.267. The summed E-state index contributed by atoms with van der Waals surface area (Å²) in [6, 6.07) is 5.93. The summed E-state index contributed by atoms with van der Waals surface area (Å²) in [4.78, 5) is 23.8. The van der Waals surface area contributed by atoms with Gasteiger partial charge in [-0.2, -0.15) is 23.0 Å². The molecule has 2 rings (SSSR count). The fourth-order valence-corrected chi connectivity index (χ4v) is 2.06. The summed E-state index contributed by atoms with van der Waals surface area (Å²) >= 11 is 0. The average molecular weight is 340 g/mol. The van der Waals surface area contributed by atoms with E-state index < -0.39 is 23.6 Å². The maximum Gasteiger partial charge on any atom is 0.416 e. The molecule has 0 aliphatic carbocycles. The number of nitrogens with zero attached hydrogens (tertiary/aromatic N) is 3. The lowest BCUT2D eigenvalue weighted by atomic mass is 10.1. The monoisotopic (exact) mass is 340 g/mol. The molecular weight excluding hydrogens is 325 g/mol. The third-order valence-corrected chi connectivity index (χ3v) is 3.35. The van der Waals surface area contributed by atoms with Crippen molar-refractivity contribution in [3.8, 4) is 11.3 Å². The lowest BCUT2D eigenvalue weighted by molar-refractivity contribution is -0.137. The smallest absolute Gasteiger partial charge is 0.275 e. The van der Waals surface area contributed by atoms with Gasteiger partial charge in [0.1, 0.15) is 0 Å². The predicted molar refractivity (Wildman–Crippen MR) is 79.6 cm³/mol. The lowest BCUT2D eigenvalue weighted by Crippen LogP contribution is -2.41. The molecule has 0 radical (unpaired) electrons. The molecule has 0 aliphatic rings. The van der Waals surface area contributed by atoms with Crippen LogP contribution < -0.4 is 5.84 Å². The second-order valence-corrected chi connectivity index (χ2v) is 5.08. The Balaban J connectivity index is 2.39. The molecule has 1 amide bonds. The lowest BCUT2D eigenvalue weighted by Gasteiger charge is -2.09. The third kappa shape index (κ3) is 3.46. The van der Waals surface area contributed by atoms with Gasteiger partial charge in [-0.25, -0.2) is 5.84 Å². The van der Waals surface area contributed by atoms with Crippen LogP contribution in [0.2, 0.25) is 0 Å². The Hall–Kier alpha value is -2.68. The van der Waals surface area contributed by atoms with Gasteiger partial charge in [0, 0.05) is 18.3 Å². The number of aromatic nitrogens is 2. The van der Waals surface area contributed by atoms with Crippen molar-refractivity contribution in [1.82, 2.24) is 14.8 Å². The van der Waals surface area contributed by atoms with Crippen LogP contribution >= 0.6 is 0 Å². The summed E-state index contributed by atoms with van der Waals surface area (Å²) in [6.07, 6.45) is -4.03. The molecule has 128 valence electrons. The zero-order chi connectivity index (χ0) is 18.1. The molecule has 9 heteroatoms. The maximum atomic E-state index is 12.6. The summed E-state index contributed by atoms with van der Waals surface area (Å²) < 4.78 is 38.7. The molecule has 0 saturated heterocycles. The van der Waals surface area contributed by atoms with Gasteiger partial charge in [-0.05, 0) is 24.6 Å². The van der Waals surface area contributed by atoms with E-state index in [1.807, 2.05) is 0 Å². The zero-order valence-electron chi connectivity index (χ0n) is 13.0. The van der Waals surface area contributed by atoms with Gasteiger partial charge in [0.2, 0.25) is 0 Å². The van der Waals surface area contributed by atoms with Gasteiger partial charge in [0.05, 0.1) is 11.3 Å². The van der Waals surface area contributed by atoms with E-state index >= 15 is 0 Å². The Morgan fingerprint density at radius 2 is 1.83 bits per heavy atom. The van der Waals surface area contributed by atoms with Crippen LogP contribution in [0.25, 0.3) is 11.3 Å². The molecule has 6 nitrogen and oxygen atoms in total. The van der Waals surface area contributed by atoms with Gasteiger partial charge in [-0.3, -0.25) is 14.6 Å². The van der Waals surface area contributed by atoms with Crippen molar-refractivity contribution < 1.29 is 22.8 Å². The first-order valence-electron chi connectivity index (χ1n) is 6.98. The Bertz CT molecular complexity index is 764. The van der Waals surface area contributed by atoms with Crippen LogP contribution in [0.3, 0.4) is 0 Å². The van der Waals surface area contributed by atoms with Crippen LogP contribution in [0.1, 0.15) is 23.0 Å². The number of benzene rings is 1. The summed E-state index contributed by atoms with van der Waals surface area (Å²) in [7, 11) is 1.23. The van der Waals surface area contributed by atoms with Crippen LogP contribution in [0.4, 0.5) is 13.2 Å². The van der Waals surface area contributed by atoms with E-state index in [1.165, 1.54) is 19.2 Å². The number of rotatable bonds is 2. The summed E-state index contributed by atoms with van der Waals surface area (Å²) in [5.74, 6) is 3.37. The topological polar surface area (TPSA) is 81.2 Å². The van der Waals surface area contributed by atoms with Crippen LogP contribution in [-0.4, -0.2) is 33.7 Å². The highest BCUT2D eigenvalue weighted by atomic mass is 19.4. The minimum Gasteiger partial charge on any atom is -0.275 e. The number of aryl methyl sites for hydroxylation is 1. The number of hydrogen-bond acceptors (Lipinski definition) is 4. The molecule has 2 aromatic rings. The molecule has 24 heavy (non-hydrogen) atoms. The summed E-state index contributed by atoms with van der Waals surface area (Å²) in [5, 5.41) is 4.67. The van der Waals surface area contributed by atoms with E-state index in [0.717, 1.165) is 16.8 Å². The molecular formula is C15H15F3N4O2. The van der Waals surface area contributed by atoms with Crippen LogP contribution in [0.5, 0.6) is 0 Å². The first-order valence-corrected chi connectivity index (χ1v) is 6.98. The molecule has 1 aromatic carbocycles. The number of hydrazine groups is 1. The molecule has 0 fully saturated rings. The molecule has 0 saturated carbocycles. The number of alkyl halides is 3. The Kier molecular flexibility index (Phi) is 4.74. The molecule has 1 aromatic heterocycles. The van der Waals surface area contributed by atoms with E-state index in [2.05, 4.69) is 5.10 Å². The first-order chi connectivity index (χ1) is 11.1. The number of carbonyl (C=O) groups excluding carboxylic acids is 2. The number of halogens is 3. The Labute approximate surface area is 135 Å². The fourth-order valence-electron chi connectivity index (χ4n) is 2.06. The molecule has 0 unspecified atom stereocenters. The van der Waals surface area contributed by atoms with Gasteiger partial charge >= 0.3 is 18.0 Å². The second kappa shape index (κ2) is 6.44. The highest BCUT2D eigenvalue weighted by Crippen LogP contribution is 2.30. The average Bonchev–Trinajstić information content (AvgIpc) is 2.96. The van der Waals surface area contributed by atoms with Gasteiger partial charge in [0.25, 0.3) is 0 Å². The number of amides is 1. The first kappa shape index (κ1) is 17.7. The Morgan fingerprint density at radius 3 is 2.29 bits per heavy atom. The van der Waals surface area contributed by atoms with E-state index in [0.29, 0.717) is 28.4 Å². The zero-order valence-corrected chi connectivity index (χ0v) is 13.0. The van der Waals surface area contributed by atoms with Crippen molar-refractivity contribution in [3.05, 3.63) is 41.6 Å². The van der Waals surface area contributed by atoms with Crippen molar-refractivity contribution in [2.24, 2.45) is 5.84 Å². The largest absolute Gasteiger partial charge is 0.416 e. The van der Waals surface area contributed by atoms with E-state index in [-0.39, 0.29) is 0 Å². The second-order valence-electron chi connectivity index (χ2n) is 5.08.